The van der Waals surface area contributed by atoms with Crippen LogP contribution < -0.4 is 0 Å². The molecule has 1 aromatic carbocycles. The van der Waals surface area contributed by atoms with Crippen LogP contribution >= 0.6 is 11.6 Å². The number of hydrogen-bond acceptors (Lipinski definition) is 1. The van der Waals surface area contributed by atoms with Crippen molar-refractivity contribution < 1.29 is 9.50 Å². The maximum atomic E-state index is 13.4. The first-order chi connectivity index (χ1) is 8.10. The molecule has 1 aliphatic rings. The highest BCUT2D eigenvalue weighted by atomic mass is 35.5. The van der Waals surface area contributed by atoms with Crippen LogP contribution in [0.15, 0.2) is 12.1 Å². The molecule has 1 aliphatic carbocycles. The van der Waals surface area contributed by atoms with Gasteiger partial charge in [0.15, 0.2) is 0 Å². The highest BCUT2D eigenvalue weighted by Gasteiger charge is 2.67. The van der Waals surface area contributed by atoms with E-state index in [0.29, 0.717) is 16.1 Å². The Labute approximate surface area is 113 Å². The molecule has 0 aromatic heterocycles. The molecule has 18 heavy (non-hydrogen) atoms. The van der Waals surface area contributed by atoms with Crippen LogP contribution in [0.5, 0.6) is 0 Å². The lowest BCUT2D eigenvalue weighted by Crippen LogP contribution is -2.07. The molecule has 100 valence electrons. The van der Waals surface area contributed by atoms with E-state index in [-0.39, 0.29) is 22.6 Å². The summed E-state index contributed by atoms with van der Waals surface area (Å²) < 4.78 is 13.4. The summed E-state index contributed by atoms with van der Waals surface area (Å²) in [6.07, 6.45) is -0.637. The summed E-state index contributed by atoms with van der Waals surface area (Å²) in [6, 6.07) is 2.95. The van der Waals surface area contributed by atoms with Crippen LogP contribution in [-0.2, 0) is 0 Å². The third-order valence-corrected chi connectivity index (χ3v) is 5.37. The second kappa shape index (κ2) is 3.94. The van der Waals surface area contributed by atoms with Crippen molar-refractivity contribution >= 4 is 11.6 Å². The molecule has 1 atom stereocenters. The summed E-state index contributed by atoms with van der Waals surface area (Å²) in [6.45, 7) is 10.3. The third-order valence-electron chi connectivity index (χ3n) is 5.04. The van der Waals surface area contributed by atoms with Crippen molar-refractivity contribution in [1.82, 2.24) is 0 Å². The smallest absolute Gasteiger partial charge is 0.127 e. The molecule has 1 unspecified atom stereocenters. The molecule has 0 bridgehead atoms. The molecule has 1 nitrogen and oxygen atoms in total. The SMILES string of the molecule is Cc1cc(C(O)C2C(C)(C)C2(C)C)c(Cl)cc1F. The van der Waals surface area contributed by atoms with Gasteiger partial charge in [-0.3, -0.25) is 0 Å². The molecule has 3 heteroatoms. The van der Waals surface area contributed by atoms with Gasteiger partial charge in [0.05, 0.1) is 6.10 Å². The first kappa shape index (κ1) is 13.8. The van der Waals surface area contributed by atoms with Crippen LogP contribution in [0.25, 0.3) is 0 Å². The standard InChI is InChI=1S/C15H20ClFO/c1-8-6-9(10(16)7-11(8)17)12(18)13-14(2,3)15(13,4)5/h6-7,12-13,18H,1-5H3. The van der Waals surface area contributed by atoms with E-state index in [1.54, 1.807) is 13.0 Å². The summed E-state index contributed by atoms with van der Waals surface area (Å²) in [4.78, 5) is 0. The minimum atomic E-state index is -0.637. The monoisotopic (exact) mass is 270 g/mol. The molecular weight excluding hydrogens is 251 g/mol. The fraction of sp³-hybridized carbons (Fsp3) is 0.600. The zero-order chi connectivity index (χ0) is 13.9. The van der Waals surface area contributed by atoms with Gasteiger partial charge in [0.2, 0.25) is 0 Å². The lowest BCUT2D eigenvalue weighted by atomic mass is 9.98. The number of aliphatic hydroxyl groups is 1. The van der Waals surface area contributed by atoms with E-state index < -0.39 is 6.10 Å². The molecule has 1 saturated carbocycles. The van der Waals surface area contributed by atoms with Gasteiger partial charge in [0, 0.05) is 10.9 Å². The van der Waals surface area contributed by atoms with Gasteiger partial charge in [-0.15, -0.1) is 0 Å². The van der Waals surface area contributed by atoms with E-state index in [1.807, 2.05) is 0 Å². The van der Waals surface area contributed by atoms with Crippen molar-refractivity contribution in [1.29, 1.82) is 0 Å². The Balaban J connectivity index is 2.37. The van der Waals surface area contributed by atoms with E-state index in [4.69, 9.17) is 11.6 Å². The summed E-state index contributed by atoms with van der Waals surface area (Å²) >= 11 is 6.05. The topological polar surface area (TPSA) is 20.2 Å². The molecule has 2 rings (SSSR count). The molecule has 0 saturated heterocycles. The lowest BCUT2D eigenvalue weighted by molar-refractivity contribution is 0.130. The largest absolute Gasteiger partial charge is 0.388 e. The average molecular weight is 271 g/mol. The summed E-state index contributed by atoms with van der Waals surface area (Å²) in [7, 11) is 0. The average Bonchev–Trinajstić information content (AvgIpc) is 2.62. The maximum absolute atomic E-state index is 13.4. The second-order valence-corrected chi connectivity index (χ2v) is 6.90. The van der Waals surface area contributed by atoms with Gasteiger partial charge in [0.1, 0.15) is 5.82 Å². The Bertz CT molecular complexity index is 480. The van der Waals surface area contributed by atoms with Crippen LogP contribution in [0.1, 0.15) is 44.9 Å². The molecule has 0 spiro atoms. The second-order valence-electron chi connectivity index (χ2n) is 6.49. The number of aryl methyl sites for hydroxylation is 1. The fourth-order valence-electron chi connectivity index (χ4n) is 3.12. The number of halogens is 2. The number of hydrogen-bond donors (Lipinski definition) is 1. The summed E-state index contributed by atoms with van der Waals surface area (Å²) in [5, 5.41) is 10.8. The minimum Gasteiger partial charge on any atom is -0.388 e. The van der Waals surface area contributed by atoms with Crippen molar-refractivity contribution in [3.8, 4) is 0 Å². The fourth-order valence-corrected chi connectivity index (χ4v) is 3.38. The van der Waals surface area contributed by atoms with Gasteiger partial charge in [-0.1, -0.05) is 39.3 Å². The Morgan fingerprint density at radius 3 is 2.17 bits per heavy atom. The van der Waals surface area contributed by atoms with Gasteiger partial charge in [-0.2, -0.15) is 0 Å². The first-order valence-electron chi connectivity index (χ1n) is 6.24. The molecule has 0 aliphatic heterocycles. The molecule has 1 aromatic rings. The Morgan fingerprint density at radius 1 is 1.22 bits per heavy atom. The molecule has 0 amide bonds. The Kier molecular flexibility index (Phi) is 3.03. The zero-order valence-corrected chi connectivity index (χ0v) is 12.3. The van der Waals surface area contributed by atoms with Gasteiger partial charge < -0.3 is 5.11 Å². The van der Waals surface area contributed by atoms with Crippen molar-refractivity contribution in [2.24, 2.45) is 16.7 Å². The molecule has 1 N–H and O–H groups in total. The van der Waals surface area contributed by atoms with Crippen molar-refractivity contribution in [2.45, 2.75) is 40.7 Å². The number of benzene rings is 1. The zero-order valence-electron chi connectivity index (χ0n) is 11.5. The summed E-state index contributed by atoms with van der Waals surface area (Å²) in [5.74, 6) is -0.183. The minimum absolute atomic E-state index is 0.0675. The van der Waals surface area contributed by atoms with Crippen LogP contribution in [0.2, 0.25) is 5.02 Å². The van der Waals surface area contributed by atoms with Gasteiger partial charge in [-0.05, 0) is 41.0 Å². The van der Waals surface area contributed by atoms with Gasteiger partial charge in [0.25, 0.3) is 0 Å². The van der Waals surface area contributed by atoms with Crippen LogP contribution in [0.3, 0.4) is 0 Å². The maximum Gasteiger partial charge on any atom is 0.127 e. The predicted octanol–water partition coefficient (Wildman–Crippen LogP) is 4.50. The number of aliphatic hydroxyl groups excluding tert-OH is 1. The predicted molar refractivity (Wildman–Crippen MR) is 72.2 cm³/mol. The van der Waals surface area contributed by atoms with Crippen LogP contribution in [0, 0.1) is 29.5 Å². The van der Waals surface area contributed by atoms with Crippen LogP contribution in [-0.4, -0.2) is 5.11 Å². The Morgan fingerprint density at radius 2 is 1.72 bits per heavy atom. The third kappa shape index (κ3) is 1.78. The van der Waals surface area contributed by atoms with Gasteiger partial charge >= 0.3 is 0 Å². The molecule has 1 fully saturated rings. The van der Waals surface area contributed by atoms with Crippen molar-refractivity contribution in [2.75, 3.05) is 0 Å². The lowest BCUT2D eigenvalue weighted by Gasteiger charge is -2.16. The highest BCUT2D eigenvalue weighted by Crippen LogP contribution is 2.72. The van der Waals surface area contributed by atoms with E-state index in [0.717, 1.165) is 0 Å². The highest BCUT2D eigenvalue weighted by molar-refractivity contribution is 6.31. The molecular formula is C15H20ClFO. The van der Waals surface area contributed by atoms with E-state index in [1.165, 1.54) is 6.07 Å². The van der Waals surface area contributed by atoms with Crippen molar-refractivity contribution in [3.63, 3.8) is 0 Å². The van der Waals surface area contributed by atoms with Crippen LogP contribution in [0.4, 0.5) is 4.39 Å². The normalized spacial score (nSPS) is 22.9. The Hall–Kier alpha value is -0.600. The molecule has 0 heterocycles. The van der Waals surface area contributed by atoms with Gasteiger partial charge in [-0.25, -0.2) is 4.39 Å². The van der Waals surface area contributed by atoms with E-state index in [9.17, 15) is 9.50 Å². The summed E-state index contributed by atoms with van der Waals surface area (Å²) in [5.41, 5.74) is 1.29. The van der Waals surface area contributed by atoms with E-state index >= 15 is 0 Å². The quantitative estimate of drug-likeness (QED) is 0.839. The number of rotatable bonds is 2. The van der Waals surface area contributed by atoms with E-state index in [2.05, 4.69) is 27.7 Å². The molecule has 0 radical (unpaired) electrons. The first-order valence-corrected chi connectivity index (χ1v) is 6.62. The van der Waals surface area contributed by atoms with Crippen molar-refractivity contribution in [3.05, 3.63) is 34.1 Å².